The Labute approximate surface area is 557 Å². The first-order valence-electron chi connectivity index (χ1n) is 38.3. The molecule has 17 atom stereocenters. The van der Waals surface area contributed by atoms with Crippen LogP contribution in [0.15, 0.2) is 0 Å². The molecule has 19 nitrogen and oxygen atoms in total. The quantitative estimate of drug-likeness (QED) is 0.0252. The molecule has 3 aliphatic heterocycles. The number of carbonyl (C=O) groups is 1. The van der Waals surface area contributed by atoms with Crippen LogP contribution in [0.25, 0.3) is 0 Å². The van der Waals surface area contributed by atoms with Gasteiger partial charge in [0.2, 0.25) is 5.91 Å². The molecule has 92 heavy (non-hydrogen) atoms. The van der Waals surface area contributed by atoms with Crippen molar-refractivity contribution in [3.8, 4) is 0 Å². The summed E-state index contributed by atoms with van der Waals surface area (Å²) in [6, 6.07) is -0.882. The zero-order valence-electron chi connectivity index (χ0n) is 58.1. The summed E-state index contributed by atoms with van der Waals surface area (Å²) in [5.74, 6) is -0.236. The summed E-state index contributed by atoms with van der Waals surface area (Å²) >= 11 is 0. The van der Waals surface area contributed by atoms with Gasteiger partial charge in [-0.15, -0.1) is 0 Å². The zero-order chi connectivity index (χ0) is 66.8. The van der Waals surface area contributed by atoms with Crippen LogP contribution in [0.1, 0.15) is 328 Å². The van der Waals surface area contributed by atoms with E-state index in [1.807, 2.05) is 0 Å². The van der Waals surface area contributed by atoms with E-state index in [1.165, 1.54) is 250 Å². The van der Waals surface area contributed by atoms with Crippen molar-refractivity contribution in [2.75, 3.05) is 26.4 Å². The van der Waals surface area contributed by atoms with Crippen LogP contribution in [0.2, 0.25) is 0 Å². The molecule has 3 rings (SSSR count). The van der Waals surface area contributed by atoms with Gasteiger partial charge in [-0.3, -0.25) is 4.79 Å². The minimum Gasteiger partial charge on any atom is -0.394 e. The van der Waals surface area contributed by atoms with Gasteiger partial charge < -0.3 is 89.9 Å². The predicted octanol–water partition coefficient (Wildman–Crippen LogP) is 11.5. The first kappa shape index (κ1) is 85.0. The Kier molecular flexibility index (Phi) is 51.4. The minimum atomic E-state index is -1.97. The van der Waals surface area contributed by atoms with Crippen molar-refractivity contribution in [1.29, 1.82) is 0 Å². The number of aliphatic hydroxyl groups excluding tert-OH is 11. The molecule has 0 bridgehead atoms. The molecule has 0 aliphatic carbocycles. The molecule has 3 saturated heterocycles. The topological polar surface area (TPSA) is 307 Å². The second-order valence-electron chi connectivity index (χ2n) is 27.8. The molecule has 17 unspecified atom stereocenters. The van der Waals surface area contributed by atoms with E-state index in [9.17, 15) is 61.0 Å². The van der Waals surface area contributed by atoms with Crippen molar-refractivity contribution in [1.82, 2.24) is 5.32 Å². The Hall–Kier alpha value is -1.21. The van der Waals surface area contributed by atoms with Crippen molar-refractivity contribution in [2.45, 2.75) is 433 Å². The molecule has 3 heterocycles. The summed E-state index contributed by atoms with van der Waals surface area (Å²) in [4.78, 5) is 13.4. The van der Waals surface area contributed by atoms with Crippen LogP contribution in [0.5, 0.6) is 0 Å². The van der Waals surface area contributed by atoms with Gasteiger partial charge >= 0.3 is 0 Å². The number of aliphatic hydroxyl groups is 11. The van der Waals surface area contributed by atoms with E-state index in [-0.39, 0.29) is 18.9 Å². The highest BCUT2D eigenvalue weighted by Crippen LogP contribution is 2.33. The monoisotopic (exact) mass is 1320 g/mol. The second kappa shape index (κ2) is 55.6. The summed E-state index contributed by atoms with van der Waals surface area (Å²) in [6.45, 7) is 1.85. The maximum Gasteiger partial charge on any atom is 0.220 e. The largest absolute Gasteiger partial charge is 0.394 e. The number of hydrogen-bond acceptors (Lipinski definition) is 18. The fraction of sp³-hybridized carbons (Fsp3) is 0.986. The van der Waals surface area contributed by atoms with Crippen molar-refractivity contribution in [3.63, 3.8) is 0 Å². The molecule has 0 radical (unpaired) electrons. The molecule has 546 valence electrons. The smallest absolute Gasteiger partial charge is 0.220 e. The number of hydrogen-bond donors (Lipinski definition) is 12. The SMILES string of the molecule is CCCCCCCCCCCCCCCCCCCCCCCCCCCCCCCCCCC(O)C(COC1OC(CO)C(OC2OC(CO)C(OC3OC(CO)C(O)C(O)C3O)C(O)C2O)C(O)C1O)NC(=O)CCCCCCCCCCCCCCCCC. The van der Waals surface area contributed by atoms with Gasteiger partial charge in [0.15, 0.2) is 18.9 Å². The van der Waals surface area contributed by atoms with Gasteiger partial charge in [0, 0.05) is 6.42 Å². The Bertz CT molecular complexity index is 1670. The second-order valence-corrected chi connectivity index (χ2v) is 27.8. The highest BCUT2D eigenvalue weighted by Gasteiger charge is 2.53. The lowest BCUT2D eigenvalue weighted by atomic mass is 9.96. The number of carbonyl (C=O) groups excluding carboxylic acids is 1. The average Bonchev–Trinajstić information content (AvgIpc) is 0.817. The standard InChI is InChI=1S/C73H141NO18/c1-3-5-7-9-11-13-15-17-19-20-21-22-23-24-25-26-27-28-29-30-31-32-33-34-35-37-38-40-42-44-46-48-50-57(78)56(74-61(79)51-49-47-45-43-41-39-36-18-16-14-12-10-8-6-4-2)55-87-71-67(85)64(82)69(59(53-76)89-71)92-73-68(86)65(83)70(60(54-77)90-73)91-72-66(84)63(81)62(80)58(52-75)88-72/h56-60,62-73,75-78,80-86H,3-55H2,1-2H3,(H,74,79). The van der Waals surface area contributed by atoms with Crippen LogP contribution in [0, 0.1) is 0 Å². The Morgan fingerprint density at radius 3 is 0.946 bits per heavy atom. The highest BCUT2D eigenvalue weighted by molar-refractivity contribution is 5.76. The third-order valence-electron chi connectivity index (χ3n) is 19.7. The Morgan fingerprint density at radius 1 is 0.348 bits per heavy atom. The van der Waals surface area contributed by atoms with Gasteiger partial charge in [-0.1, -0.05) is 309 Å². The van der Waals surface area contributed by atoms with Crippen LogP contribution in [0.4, 0.5) is 0 Å². The highest BCUT2D eigenvalue weighted by atomic mass is 16.8. The zero-order valence-corrected chi connectivity index (χ0v) is 58.1. The normalized spacial score (nSPS) is 27.6. The third kappa shape index (κ3) is 36.6. The molecule has 3 fully saturated rings. The maximum atomic E-state index is 13.4. The summed E-state index contributed by atoms with van der Waals surface area (Å²) in [7, 11) is 0. The molecule has 0 spiro atoms. The molecule has 0 saturated carbocycles. The van der Waals surface area contributed by atoms with Gasteiger partial charge in [0.1, 0.15) is 73.2 Å². The number of rotatable bonds is 61. The van der Waals surface area contributed by atoms with E-state index < -0.39 is 124 Å². The van der Waals surface area contributed by atoms with Gasteiger partial charge in [0.25, 0.3) is 0 Å². The first-order valence-corrected chi connectivity index (χ1v) is 38.3. The molecule has 1 amide bonds. The molecular formula is C73H141NO18. The van der Waals surface area contributed by atoms with Crippen molar-refractivity contribution >= 4 is 5.91 Å². The lowest BCUT2D eigenvalue weighted by Gasteiger charge is -2.48. The van der Waals surface area contributed by atoms with Crippen LogP contribution < -0.4 is 5.32 Å². The molecular weight excluding hydrogens is 1180 g/mol. The van der Waals surface area contributed by atoms with Crippen LogP contribution in [0.3, 0.4) is 0 Å². The maximum absolute atomic E-state index is 13.4. The fourth-order valence-electron chi connectivity index (χ4n) is 13.5. The van der Waals surface area contributed by atoms with Crippen LogP contribution in [-0.2, 0) is 33.2 Å². The van der Waals surface area contributed by atoms with Gasteiger partial charge in [-0.05, 0) is 12.8 Å². The molecule has 0 aromatic carbocycles. The number of unbranched alkanes of at least 4 members (excludes halogenated alkanes) is 45. The minimum absolute atomic E-state index is 0.236. The van der Waals surface area contributed by atoms with Crippen molar-refractivity contribution < 1.29 is 89.4 Å². The number of ether oxygens (including phenoxy) is 6. The number of amides is 1. The number of nitrogens with one attached hydrogen (secondary N) is 1. The molecule has 0 aromatic rings. The fourth-order valence-corrected chi connectivity index (χ4v) is 13.5. The summed E-state index contributed by atoms with van der Waals surface area (Å²) in [5, 5.41) is 121. The lowest BCUT2D eigenvalue weighted by Crippen LogP contribution is -2.66. The van der Waals surface area contributed by atoms with Crippen molar-refractivity contribution in [3.05, 3.63) is 0 Å². The van der Waals surface area contributed by atoms with E-state index in [0.717, 1.165) is 44.9 Å². The third-order valence-corrected chi connectivity index (χ3v) is 19.7. The summed E-state index contributed by atoms with van der Waals surface area (Å²) < 4.78 is 34.5. The van der Waals surface area contributed by atoms with Crippen LogP contribution >= 0.6 is 0 Å². The molecule has 0 aromatic heterocycles. The average molecular weight is 1320 g/mol. The summed E-state index contributed by atoms with van der Waals surface area (Å²) in [6.07, 6.45) is 34.9. The van der Waals surface area contributed by atoms with Crippen molar-refractivity contribution in [2.24, 2.45) is 0 Å². The van der Waals surface area contributed by atoms with Crippen LogP contribution in [-0.4, -0.2) is 193 Å². The predicted molar refractivity (Wildman–Crippen MR) is 361 cm³/mol. The van der Waals surface area contributed by atoms with E-state index in [2.05, 4.69) is 19.2 Å². The van der Waals surface area contributed by atoms with E-state index in [4.69, 9.17) is 28.4 Å². The van der Waals surface area contributed by atoms with E-state index >= 15 is 0 Å². The molecule has 12 N–H and O–H groups in total. The van der Waals surface area contributed by atoms with Gasteiger partial charge in [-0.25, -0.2) is 0 Å². The van der Waals surface area contributed by atoms with E-state index in [0.29, 0.717) is 12.8 Å². The van der Waals surface area contributed by atoms with Gasteiger partial charge in [-0.2, -0.15) is 0 Å². The van der Waals surface area contributed by atoms with Gasteiger partial charge in [0.05, 0.1) is 38.6 Å². The summed E-state index contributed by atoms with van der Waals surface area (Å²) in [5.41, 5.74) is 0. The van der Waals surface area contributed by atoms with E-state index in [1.54, 1.807) is 0 Å². The molecule has 19 heteroatoms. The first-order chi connectivity index (χ1) is 44.8. The Morgan fingerprint density at radius 2 is 0.620 bits per heavy atom. The lowest BCUT2D eigenvalue weighted by molar-refractivity contribution is -0.379. The molecule has 3 aliphatic rings. The Balaban J connectivity index is 1.35.